The number of hydrogen-bond acceptors (Lipinski definition) is 3. The molecule has 0 aliphatic rings. The van der Waals surface area contributed by atoms with Crippen LogP contribution in [0.5, 0.6) is 0 Å². The number of nitrogens with zero attached hydrogens (tertiary/aromatic N) is 1. The molecule has 0 atom stereocenters. The summed E-state index contributed by atoms with van der Waals surface area (Å²) in [4.78, 5) is 28.2. The maximum absolute atomic E-state index is 12.4. The third-order valence-corrected chi connectivity index (χ3v) is 3.94. The van der Waals surface area contributed by atoms with E-state index in [0.29, 0.717) is 12.2 Å². The maximum atomic E-state index is 12.4. The van der Waals surface area contributed by atoms with Gasteiger partial charge in [-0.05, 0) is 38.5 Å². The van der Waals surface area contributed by atoms with Crippen LogP contribution < -0.4 is 10.6 Å². The van der Waals surface area contributed by atoms with Crippen molar-refractivity contribution < 1.29 is 9.59 Å². The molecular formula is C19H23N3O2. The van der Waals surface area contributed by atoms with Crippen LogP contribution >= 0.6 is 0 Å². The minimum atomic E-state index is -0.644. The smallest absolute Gasteiger partial charge is 0.230 e. The Hall–Kier alpha value is -2.69. The molecule has 2 amide bonds. The fourth-order valence-electron chi connectivity index (χ4n) is 2.27. The fraction of sp³-hybridized carbons (Fsp3) is 0.316. The van der Waals surface area contributed by atoms with Gasteiger partial charge in [-0.25, -0.2) is 0 Å². The SMILES string of the molecule is Cc1ccc(C(C)(C)C(=O)NCCC(=O)Nc2ccncc2)cc1. The minimum absolute atomic E-state index is 0.0944. The van der Waals surface area contributed by atoms with Crippen LogP contribution in [0.4, 0.5) is 5.69 Å². The van der Waals surface area contributed by atoms with E-state index in [0.717, 1.165) is 11.1 Å². The van der Waals surface area contributed by atoms with Gasteiger partial charge in [0.05, 0.1) is 5.41 Å². The molecule has 1 aromatic heterocycles. The summed E-state index contributed by atoms with van der Waals surface area (Å²) in [6.45, 7) is 6.07. The lowest BCUT2D eigenvalue weighted by Crippen LogP contribution is -2.41. The van der Waals surface area contributed by atoms with Crippen molar-refractivity contribution in [2.75, 3.05) is 11.9 Å². The Morgan fingerprint density at radius 3 is 2.29 bits per heavy atom. The zero-order chi connectivity index (χ0) is 17.6. The summed E-state index contributed by atoms with van der Waals surface area (Å²) < 4.78 is 0. The van der Waals surface area contributed by atoms with Crippen LogP contribution in [-0.2, 0) is 15.0 Å². The summed E-state index contributed by atoms with van der Waals surface area (Å²) in [5, 5.41) is 5.60. The van der Waals surface area contributed by atoms with Gasteiger partial charge in [0.1, 0.15) is 0 Å². The molecule has 1 heterocycles. The second kappa shape index (κ2) is 7.73. The molecule has 0 spiro atoms. The summed E-state index contributed by atoms with van der Waals surface area (Å²) in [5.41, 5.74) is 2.16. The van der Waals surface area contributed by atoms with Gasteiger partial charge in [-0.1, -0.05) is 29.8 Å². The van der Waals surface area contributed by atoms with Crippen LogP contribution in [0.25, 0.3) is 0 Å². The highest BCUT2D eigenvalue weighted by atomic mass is 16.2. The van der Waals surface area contributed by atoms with Crippen molar-refractivity contribution in [1.82, 2.24) is 10.3 Å². The van der Waals surface area contributed by atoms with Gasteiger partial charge in [0.15, 0.2) is 0 Å². The number of nitrogens with one attached hydrogen (secondary N) is 2. The first kappa shape index (κ1) is 17.7. The quantitative estimate of drug-likeness (QED) is 0.858. The number of rotatable bonds is 6. The Morgan fingerprint density at radius 2 is 1.67 bits per heavy atom. The molecule has 5 heteroatoms. The van der Waals surface area contributed by atoms with Crippen LogP contribution in [-0.4, -0.2) is 23.3 Å². The highest BCUT2D eigenvalue weighted by Crippen LogP contribution is 2.23. The van der Waals surface area contributed by atoms with Crippen molar-refractivity contribution >= 4 is 17.5 Å². The molecule has 24 heavy (non-hydrogen) atoms. The number of carbonyl (C=O) groups excluding carboxylic acids is 2. The number of carbonyl (C=O) groups is 2. The van der Waals surface area contributed by atoms with Gasteiger partial charge in [-0.15, -0.1) is 0 Å². The van der Waals surface area contributed by atoms with Crippen LogP contribution in [0.3, 0.4) is 0 Å². The zero-order valence-electron chi connectivity index (χ0n) is 14.3. The molecule has 0 unspecified atom stereocenters. The maximum Gasteiger partial charge on any atom is 0.230 e. The molecule has 0 aliphatic heterocycles. The van der Waals surface area contributed by atoms with E-state index in [9.17, 15) is 9.59 Å². The summed E-state index contributed by atoms with van der Waals surface area (Å²) in [6.07, 6.45) is 3.45. The van der Waals surface area contributed by atoms with Crippen molar-refractivity contribution in [2.45, 2.75) is 32.6 Å². The van der Waals surface area contributed by atoms with E-state index in [1.54, 1.807) is 24.5 Å². The molecule has 0 bridgehead atoms. The predicted molar refractivity (Wildman–Crippen MR) is 94.7 cm³/mol. The molecule has 0 saturated carbocycles. The lowest BCUT2D eigenvalue weighted by Gasteiger charge is -2.24. The average molecular weight is 325 g/mol. The van der Waals surface area contributed by atoms with Crippen LogP contribution in [0, 0.1) is 6.92 Å². The summed E-state index contributed by atoms with van der Waals surface area (Å²) in [6, 6.07) is 11.4. The standard InChI is InChI=1S/C19H23N3O2/c1-14-4-6-15(7-5-14)19(2,3)18(24)21-13-10-17(23)22-16-8-11-20-12-9-16/h4-9,11-12H,10,13H2,1-3H3,(H,21,24)(H,20,22,23). The topological polar surface area (TPSA) is 71.1 Å². The fourth-order valence-corrected chi connectivity index (χ4v) is 2.27. The second-order valence-corrected chi connectivity index (χ2v) is 6.28. The normalized spacial score (nSPS) is 11.0. The summed E-state index contributed by atoms with van der Waals surface area (Å²) >= 11 is 0. The first-order valence-corrected chi connectivity index (χ1v) is 7.95. The van der Waals surface area contributed by atoms with E-state index >= 15 is 0 Å². The highest BCUT2D eigenvalue weighted by Gasteiger charge is 2.29. The number of anilines is 1. The lowest BCUT2D eigenvalue weighted by atomic mass is 9.83. The number of benzene rings is 1. The van der Waals surface area contributed by atoms with E-state index in [-0.39, 0.29) is 18.2 Å². The van der Waals surface area contributed by atoms with Gasteiger partial charge in [0.2, 0.25) is 11.8 Å². The van der Waals surface area contributed by atoms with Crippen LogP contribution in [0.2, 0.25) is 0 Å². The lowest BCUT2D eigenvalue weighted by molar-refractivity contribution is -0.125. The number of amides is 2. The van der Waals surface area contributed by atoms with Gasteiger partial charge in [0.25, 0.3) is 0 Å². The predicted octanol–water partition coefficient (Wildman–Crippen LogP) is 2.81. The van der Waals surface area contributed by atoms with Gasteiger partial charge in [0, 0.05) is 31.0 Å². The molecular weight excluding hydrogens is 302 g/mol. The Bertz CT molecular complexity index is 694. The Morgan fingerprint density at radius 1 is 1.04 bits per heavy atom. The highest BCUT2D eigenvalue weighted by molar-refractivity contribution is 5.91. The zero-order valence-corrected chi connectivity index (χ0v) is 14.3. The number of hydrogen-bond donors (Lipinski definition) is 2. The summed E-state index contributed by atoms with van der Waals surface area (Å²) in [5.74, 6) is -0.238. The molecule has 0 fully saturated rings. The molecule has 0 radical (unpaired) electrons. The van der Waals surface area contributed by atoms with E-state index in [4.69, 9.17) is 0 Å². The molecule has 2 aromatic rings. The van der Waals surface area contributed by atoms with E-state index < -0.39 is 5.41 Å². The van der Waals surface area contributed by atoms with Gasteiger partial charge >= 0.3 is 0 Å². The van der Waals surface area contributed by atoms with Gasteiger partial charge < -0.3 is 10.6 Å². The van der Waals surface area contributed by atoms with Crippen LogP contribution in [0.1, 0.15) is 31.4 Å². The largest absolute Gasteiger partial charge is 0.355 e. The van der Waals surface area contributed by atoms with E-state index in [2.05, 4.69) is 15.6 Å². The van der Waals surface area contributed by atoms with Crippen molar-refractivity contribution in [3.63, 3.8) is 0 Å². The minimum Gasteiger partial charge on any atom is -0.355 e. The molecule has 0 aliphatic carbocycles. The first-order chi connectivity index (χ1) is 11.4. The third kappa shape index (κ3) is 4.65. The number of pyridine rings is 1. The van der Waals surface area contributed by atoms with Crippen molar-refractivity contribution in [3.8, 4) is 0 Å². The Balaban J connectivity index is 1.84. The van der Waals surface area contributed by atoms with Crippen molar-refractivity contribution in [3.05, 3.63) is 59.9 Å². The van der Waals surface area contributed by atoms with Crippen LogP contribution in [0.15, 0.2) is 48.8 Å². The van der Waals surface area contributed by atoms with E-state index in [1.807, 2.05) is 45.0 Å². The molecule has 2 rings (SSSR count). The number of aromatic nitrogens is 1. The Labute approximate surface area is 142 Å². The molecule has 126 valence electrons. The van der Waals surface area contributed by atoms with Gasteiger partial charge in [-0.3, -0.25) is 14.6 Å². The molecule has 0 saturated heterocycles. The Kier molecular flexibility index (Phi) is 5.68. The average Bonchev–Trinajstić information content (AvgIpc) is 2.56. The molecule has 2 N–H and O–H groups in total. The molecule has 5 nitrogen and oxygen atoms in total. The van der Waals surface area contributed by atoms with Crippen molar-refractivity contribution in [1.29, 1.82) is 0 Å². The number of aryl methyl sites for hydroxylation is 1. The second-order valence-electron chi connectivity index (χ2n) is 6.28. The monoisotopic (exact) mass is 325 g/mol. The third-order valence-electron chi connectivity index (χ3n) is 3.94. The van der Waals surface area contributed by atoms with E-state index in [1.165, 1.54) is 0 Å². The summed E-state index contributed by atoms with van der Waals surface area (Å²) in [7, 11) is 0. The molecule has 1 aromatic carbocycles. The van der Waals surface area contributed by atoms with Gasteiger partial charge in [-0.2, -0.15) is 0 Å². The van der Waals surface area contributed by atoms with Crippen molar-refractivity contribution in [2.24, 2.45) is 0 Å². The first-order valence-electron chi connectivity index (χ1n) is 7.95.